The van der Waals surface area contributed by atoms with Gasteiger partial charge in [0, 0.05) is 42.4 Å². The molecule has 3 aromatic rings. The highest BCUT2D eigenvalue weighted by Crippen LogP contribution is 2.28. The van der Waals surface area contributed by atoms with Gasteiger partial charge in [-0.2, -0.15) is 0 Å². The molecule has 0 spiro atoms. The van der Waals surface area contributed by atoms with Crippen molar-refractivity contribution in [3.05, 3.63) is 76.6 Å². The summed E-state index contributed by atoms with van der Waals surface area (Å²) in [5, 5.41) is 11.5. The van der Waals surface area contributed by atoms with Gasteiger partial charge in [0.1, 0.15) is 0 Å². The number of aromatic nitrogens is 2. The number of benzene rings is 2. The Morgan fingerprint density at radius 1 is 1.18 bits per heavy atom. The van der Waals surface area contributed by atoms with Crippen molar-refractivity contribution in [2.45, 2.75) is 18.0 Å². The number of nitro benzene ring substituents is 1. The number of nitro groups is 1. The van der Waals surface area contributed by atoms with E-state index in [4.69, 9.17) is 0 Å². The van der Waals surface area contributed by atoms with Gasteiger partial charge in [-0.1, -0.05) is 30.0 Å². The maximum absolute atomic E-state index is 12.8. The fourth-order valence-electron chi connectivity index (χ4n) is 3.32. The minimum Gasteiger partial charge on any atom is -0.311 e. The summed E-state index contributed by atoms with van der Waals surface area (Å²) in [7, 11) is 0. The average molecular weight is 394 g/mol. The van der Waals surface area contributed by atoms with Gasteiger partial charge in [-0.25, -0.2) is 4.98 Å². The molecule has 0 radical (unpaired) electrons. The maximum Gasteiger partial charge on any atom is 0.269 e. The number of carbonyl (C=O) groups is 1. The number of thioether (sulfide) groups is 1. The number of para-hydroxylation sites is 1. The van der Waals surface area contributed by atoms with E-state index in [0.29, 0.717) is 5.16 Å². The molecule has 1 amide bonds. The lowest BCUT2D eigenvalue weighted by Gasteiger charge is -2.29. The molecular weight excluding hydrogens is 376 g/mol. The third kappa shape index (κ3) is 3.63. The first-order chi connectivity index (χ1) is 13.6. The smallest absolute Gasteiger partial charge is 0.269 e. The monoisotopic (exact) mass is 394 g/mol. The number of carbonyl (C=O) groups excluding carboxylic acids is 1. The number of fused-ring (bicyclic) bond motifs is 1. The molecule has 2 heterocycles. The highest BCUT2D eigenvalue weighted by molar-refractivity contribution is 7.99. The molecule has 8 heteroatoms. The Hall–Kier alpha value is -3.13. The summed E-state index contributed by atoms with van der Waals surface area (Å²) in [6, 6.07) is 14.3. The molecule has 0 atom stereocenters. The van der Waals surface area contributed by atoms with Crippen LogP contribution in [0.1, 0.15) is 12.0 Å². The van der Waals surface area contributed by atoms with E-state index < -0.39 is 4.92 Å². The number of anilines is 1. The van der Waals surface area contributed by atoms with Gasteiger partial charge in [0.25, 0.3) is 5.69 Å². The van der Waals surface area contributed by atoms with Gasteiger partial charge in [-0.3, -0.25) is 19.5 Å². The summed E-state index contributed by atoms with van der Waals surface area (Å²) in [5.74, 6) is 0.327. The first kappa shape index (κ1) is 18.2. The standard InChI is InChI=1S/C20H18N4O3S/c25-19(23-12-3-5-15-4-1-2-6-18(15)23)14-28-20-21-11-13-22(20)16-7-9-17(10-8-16)24(26)27/h1-2,4,6-11,13H,3,5,12,14H2. The predicted octanol–water partition coefficient (Wildman–Crippen LogP) is 3.85. The summed E-state index contributed by atoms with van der Waals surface area (Å²) in [5.41, 5.74) is 3.01. The lowest BCUT2D eigenvalue weighted by atomic mass is 10.0. The van der Waals surface area contributed by atoms with Crippen molar-refractivity contribution in [3.63, 3.8) is 0 Å². The average Bonchev–Trinajstić information content (AvgIpc) is 3.20. The van der Waals surface area contributed by atoms with E-state index >= 15 is 0 Å². The zero-order valence-corrected chi connectivity index (χ0v) is 15.8. The van der Waals surface area contributed by atoms with Gasteiger partial charge in [0.2, 0.25) is 5.91 Å². The minimum atomic E-state index is -0.428. The zero-order valence-electron chi connectivity index (χ0n) is 15.0. The van der Waals surface area contributed by atoms with Crippen molar-refractivity contribution in [3.8, 4) is 5.69 Å². The fraction of sp³-hybridized carbons (Fsp3) is 0.200. The van der Waals surface area contributed by atoms with Crippen LogP contribution in [-0.4, -0.2) is 32.7 Å². The van der Waals surface area contributed by atoms with E-state index in [9.17, 15) is 14.9 Å². The van der Waals surface area contributed by atoms with Crippen LogP contribution >= 0.6 is 11.8 Å². The Kier molecular flexibility index (Phi) is 5.12. The van der Waals surface area contributed by atoms with E-state index in [1.54, 1.807) is 24.5 Å². The van der Waals surface area contributed by atoms with Crippen molar-refractivity contribution in [2.24, 2.45) is 0 Å². The molecule has 1 aromatic heterocycles. The molecule has 0 saturated heterocycles. The van der Waals surface area contributed by atoms with Gasteiger partial charge < -0.3 is 4.90 Å². The first-order valence-electron chi connectivity index (χ1n) is 8.93. The number of hydrogen-bond donors (Lipinski definition) is 0. The van der Waals surface area contributed by atoms with Crippen LogP contribution in [0.4, 0.5) is 11.4 Å². The number of rotatable bonds is 5. The molecule has 0 N–H and O–H groups in total. The third-order valence-corrected chi connectivity index (χ3v) is 5.63. The Labute approximate surface area is 166 Å². The number of imidazole rings is 1. The van der Waals surface area contributed by atoms with E-state index in [1.807, 2.05) is 27.7 Å². The molecule has 7 nitrogen and oxygen atoms in total. The van der Waals surface area contributed by atoms with E-state index in [1.165, 1.54) is 29.5 Å². The van der Waals surface area contributed by atoms with Crippen LogP contribution in [0.2, 0.25) is 0 Å². The quantitative estimate of drug-likeness (QED) is 0.373. The minimum absolute atomic E-state index is 0.0389. The number of amides is 1. The second-order valence-electron chi connectivity index (χ2n) is 6.42. The van der Waals surface area contributed by atoms with E-state index in [-0.39, 0.29) is 17.3 Å². The SMILES string of the molecule is O=C(CSc1nccn1-c1ccc([N+](=O)[O-])cc1)N1CCCc2ccccc21. The lowest BCUT2D eigenvalue weighted by Crippen LogP contribution is -2.36. The predicted molar refractivity (Wildman–Crippen MR) is 108 cm³/mol. The normalized spacial score (nSPS) is 13.2. The molecule has 1 aliphatic rings. The topological polar surface area (TPSA) is 81.3 Å². The summed E-state index contributed by atoms with van der Waals surface area (Å²) >= 11 is 1.36. The highest BCUT2D eigenvalue weighted by atomic mass is 32.2. The second kappa shape index (κ2) is 7.85. The number of hydrogen-bond acceptors (Lipinski definition) is 5. The molecule has 0 unspecified atom stereocenters. The van der Waals surface area contributed by atoms with Crippen LogP contribution in [0.25, 0.3) is 5.69 Å². The van der Waals surface area contributed by atoms with Crippen molar-refractivity contribution in [2.75, 3.05) is 17.2 Å². The second-order valence-corrected chi connectivity index (χ2v) is 7.36. The number of aryl methyl sites for hydroxylation is 1. The van der Waals surface area contributed by atoms with Crippen molar-refractivity contribution >= 4 is 29.0 Å². The van der Waals surface area contributed by atoms with Crippen LogP contribution in [0.15, 0.2) is 66.1 Å². The van der Waals surface area contributed by atoms with Gasteiger partial charge in [-0.15, -0.1) is 0 Å². The molecule has 1 aliphatic heterocycles. The van der Waals surface area contributed by atoms with Crippen LogP contribution < -0.4 is 4.90 Å². The van der Waals surface area contributed by atoms with Crippen LogP contribution in [0, 0.1) is 10.1 Å². The van der Waals surface area contributed by atoms with E-state index in [0.717, 1.165) is 30.8 Å². The highest BCUT2D eigenvalue weighted by Gasteiger charge is 2.22. The largest absolute Gasteiger partial charge is 0.311 e. The molecule has 0 fully saturated rings. The van der Waals surface area contributed by atoms with Crippen molar-refractivity contribution < 1.29 is 9.72 Å². The first-order valence-corrected chi connectivity index (χ1v) is 9.91. The van der Waals surface area contributed by atoms with Crippen molar-refractivity contribution in [1.82, 2.24) is 9.55 Å². The molecule has 0 aliphatic carbocycles. The summed E-state index contributed by atoms with van der Waals surface area (Å²) in [4.78, 5) is 29.4. The van der Waals surface area contributed by atoms with Crippen LogP contribution in [-0.2, 0) is 11.2 Å². The summed E-state index contributed by atoms with van der Waals surface area (Å²) < 4.78 is 1.83. The molecule has 4 rings (SSSR count). The molecular formula is C20H18N4O3S. The van der Waals surface area contributed by atoms with Gasteiger partial charge in [-0.05, 0) is 36.6 Å². The summed E-state index contributed by atoms with van der Waals surface area (Å²) in [6.07, 6.45) is 5.40. The molecule has 0 saturated carbocycles. The van der Waals surface area contributed by atoms with Crippen LogP contribution in [0.3, 0.4) is 0 Å². The lowest BCUT2D eigenvalue weighted by molar-refractivity contribution is -0.384. The number of non-ortho nitro benzene ring substituents is 1. The van der Waals surface area contributed by atoms with Gasteiger partial charge in [0.05, 0.1) is 10.7 Å². The Bertz CT molecular complexity index is 1020. The zero-order chi connectivity index (χ0) is 19.5. The molecule has 142 valence electrons. The van der Waals surface area contributed by atoms with Gasteiger partial charge >= 0.3 is 0 Å². The van der Waals surface area contributed by atoms with E-state index in [2.05, 4.69) is 11.1 Å². The molecule has 2 aromatic carbocycles. The molecule has 28 heavy (non-hydrogen) atoms. The number of nitrogens with zero attached hydrogens (tertiary/aromatic N) is 4. The summed E-state index contributed by atoms with van der Waals surface area (Å²) in [6.45, 7) is 0.729. The Morgan fingerprint density at radius 2 is 1.96 bits per heavy atom. The fourth-order valence-corrected chi connectivity index (χ4v) is 4.17. The van der Waals surface area contributed by atoms with Crippen molar-refractivity contribution in [1.29, 1.82) is 0 Å². The van der Waals surface area contributed by atoms with Gasteiger partial charge in [0.15, 0.2) is 5.16 Å². The third-order valence-electron chi connectivity index (χ3n) is 4.68. The maximum atomic E-state index is 12.8. The Balaban J connectivity index is 1.47. The van der Waals surface area contributed by atoms with Crippen LogP contribution in [0.5, 0.6) is 0 Å². The Morgan fingerprint density at radius 3 is 2.75 bits per heavy atom. The molecule has 0 bridgehead atoms.